The summed E-state index contributed by atoms with van der Waals surface area (Å²) in [6, 6.07) is 15.6. The second kappa shape index (κ2) is 8.76. The van der Waals surface area contributed by atoms with Crippen LogP contribution in [-0.2, 0) is 6.42 Å². The first kappa shape index (κ1) is 19.0. The van der Waals surface area contributed by atoms with E-state index in [1.165, 1.54) is 18.4 Å². The van der Waals surface area contributed by atoms with Crippen LogP contribution in [0.2, 0.25) is 0 Å². The summed E-state index contributed by atoms with van der Waals surface area (Å²) in [5, 5.41) is 15.5. The summed E-state index contributed by atoms with van der Waals surface area (Å²) in [6.07, 6.45) is 4.52. The fourth-order valence-corrected chi connectivity index (χ4v) is 3.66. The molecule has 2 aliphatic rings. The SMILES string of the molecule is O=C(Nc1ccc(CC2CN[C@H](CO)C2)cc1)c1ccc(OCC2CC2)cc1. The Hall–Kier alpha value is -2.37. The lowest BCUT2D eigenvalue weighted by Crippen LogP contribution is -2.24. The van der Waals surface area contributed by atoms with Crippen molar-refractivity contribution in [1.29, 1.82) is 0 Å². The zero-order chi connectivity index (χ0) is 19.3. The Balaban J connectivity index is 1.28. The molecule has 1 amide bonds. The molecule has 1 aliphatic carbocycles. The molecule has 2 aromatic carbocycles. The molecule has 1 aliphatic heterocycles. The van der Waals surface area contributed by atoms with Crippen molar-refractivity contribution in [1.82, 2.24) is 5.32 Å². The third-order valence-electron chi connectivity index (χ3n) is 5.57. The van der Waals surface area contributed by atoms with E-state index in [9.17, 15) is 9.90 Å². The van der Waals surface area contributed by atoms with E-state index in [1.54, 1.807) is 12.1 Å². The van der Waals surface area contributed by atoms with Crippen LogP contribution in [0.4, 0.5) is 5.69 Å². The highest BCUT2D eigenvalue weighted by Gasteiger charge is 2.23. The van der Waals surface area contributed by atoms with Gasteiger partial charge in [0.15, 0.2) is 0 Å². The maximum absolute atomic E-state index is 12.5. The van der Waals surface area contributed by atoms with Crippen molar-refractivity contribution < 1.29 is 14.6 Å². The van der Waals surface area contributed by atoms with Gasteiger partial charge in [-0.3, -0.25) is 4.79 Å². The monoisotopic (exact) mass is 380 g/mol. The molecule has 1 saturated carbocycles. The lowest BCUT2D eigenvalue weighted by Gasteiger charge is -2.11. The van der Waals surface area contributed by atoms with Crippen molar-refractivity contribution in [2.24, 2.45) is 11.8 Å². The Labute approximate surface area is 166 Å². The number of aliphatic hydroxyl groups excluding tert-OH is 1. The number of aliphatic hydroxyl groups is 1. The minimum atomic E-state index is -0.118. The molecular formula is C23H28N2O3. The standard InChI is InChI=1S/C23H28N2O3/c26-14-21-12-18(13-24-21)11-16-3-7-20(8-4-16)25-23(27)19-5-9-22(10-6-19)28-15-17-1-2-17/h3-10,17-18,21,24,26H,1-2,11-15H2,(H,25,27)/t18?,21-/m0/s1. The fourth-order valence-electron chi connectivity index (χ4n) is 3.66. The Morgan fingerprint density at radius 3 is 2.46 bits per heavy atom. The first-order valence-electron chi connectivity index (χ1n) is 10.2. The van der Waals surface area contributed by atoms with Crippen molar-refractivity contribution >= 4 is 11.6 Å². The number of hydrogen-bond acceptors (Lipinski definition) is 4. The lowest BCUT2D eigenvalue weighted by molar-refractivity contribution is 0.102. The van der Waals surface area contributed by atoms with E-state index < -0.39 is 0 Å². The van der Waals surface area contributed by atoms with Gasteiger partial charge < -0.3 is 20.5 Å². The normalized spacial score (nSPS) is 21.5. The molecule has 2 aromatic rings. The molecule has 1 saturated heterocycles. The molecule has 2 fully saturated rings. The van der Waals surface area contributed by atoms with Gasteiger partial charge in [-0.05, 0) is 86.0 Å². The van der Waals surface area contributed by atoms with Crippen molar-refractivity contribution in [2.75, 3.05) is 25.1 Å². The van der Waals surface area contributed by atoms with Gasteiger partial charge in [0, 0.05) is 17.3 Å². The van der Waals surface area contributed by atoms with Crippen molar-refractivity contribution in [2.45, 2.75) is 31.7 Å². The zero-order valence-corrected chi connectivity index (χ0v) is 16.1. The molecule has 1 heterocycles. The van der Waals surface area contributed by atoms with Gasteiger partial charge in [0.2, 0.25) is 0 Å². The third-order valence-corrected chi connectivity index (χ3v) is 5.57. The Bertz CT molecular complexity index is 784. The first-order chi connectivity index (χ1) is 13.7. The van der Waals surface area contributed by atoms with Gasteiger partial charge in [0.1, 0.15) is 5.75 Å². The van der Waals surface area contributed by atoms with Crippen molar-refractivity contribution in [3.63, 3.8) is 0 Å². The summed E-state index contributed by atoms with van der Waals surface area (Å²) >= 11 is 0. The summed E-state index contributed by atoms with van der Waals surface area (Å²) in [7, 11) is 0. The van der Waals surface area contributed by atoms with Gasteiger partial charge in [-0.25, -0.2) is 0 Å². The second-order valence-corrected chi connectivity index (χ2v) is 8.02. The van der Waals surface area contributed by atoms with E-state index in [0.717, 1.165) is 37.4 Å². The van der Waals surface area contributed by atoms with Gasteiger partial charge in [-0.2, -0.15) is 0 Å². The molecule has 5 heteroatoms. The number of amides is 1. The minimum Gasteiger partial charge on any atom is -0.493 e. The Morgan fingerprint density at radius 2 is 1.82 bits per heavy atom. The highest BCUT2D eigenvalue weighted by molar-refractivity contribution is 6.04. The maximum atomic E-state index is 12.5. The molecule has 1 unspecified atom stereocenters. The summed E-state index contributed by atoms with van der Waals surface area (Å²) in [5.41, 5.74) is 2.66. The van der Waals surface area contributed by atoms with Crippen LogP contribution in [0.25, 0.3) is 0 Å². The van der Waals surface area contributed by atoms with E-state index in [1.807, 2.05) is 24.3 Å². The smallest absolute Gasteiger partial charge is 0.255 e. The van der Waals surface area contributed by atoms with Crippen LogP contribution >= 0.6 is 0 Å². The summed E-state index contributed by atoms with van der Waals surface area (Å²) in [5.74, 6) is 1.97. The van der Waals surface area contributed by atoms with Crippen LogP contribution in [0.15, 0.2) is 48.5 Å². The quantitative estimate of drug-likeness (QED) is 0.658. The van der Waals surface area contributed by atoms with Gasteiger partial charge in [0.05, 0.1) is 13.2 Å². The highest BCUT2D eigenvalue weighted by atomic mass is 16.5. The van der Waals surface area contributed by atoms with Gasteiger partial charge >= 0.3 is 0 Å². The summed E-state index contributed by atoms with van der Waals surface area (Å²) < 4.78 is 5.71. The van der Waals surface area contributed by atoms with Crippen LogP contribution < -0.4 is 15.4 Å². The van der Waals surface area contributed by atoms with E-state index in [-0.39, 0.29) is 18.6 Å². The number of carbonyl (C=O) groups is 1. The molecule has 28 heavy (non-hydrogen) atoms. The Kier molecular flexibility index (Phi) is 5.93. The number of anilines is 1. The van der Waals surface area contributed by atoms with E-state index in [0.29, 0.717) is 17.4 Å². The number of rotatable bonds is 8. The van der Waals surface area contributed by atoms with E-state index in [2.05, 4.69) is 22.8 Å². The molecule has 148 valence electrons. The fraction of sp³-hybridized carbons (Fsp3) is 0.435. The minimum absolute atomic E-state index is 0.118. The number of ether oxygens (including phenoxy) is 1. The van der Waals surface area contributed by atoms with Crippen LogP contribution in [0.5, 0.6) is 5.75 Å². The molecule has 0 aromatic heterocycles. The largest absolute Gasteiger partial charge is 0.493 e. The maximum Gasteiger partial charge on any atom is 0.255 e. The average Bonchev–Trinajstić information content (AvgIpc) is 3.45. The average molecular weight is 380 g/mol. The molecule has 0 radical (unpaired) electrons. The second-order valence-electron chi connectivity index (χ2n) is 8.02. The van der Waals surface area contributed by atoms with E-state index in [4.69, 9.17) is 4.74 Å². The number of hydrogen-bond donors (Lipinski definition) is 3. The lowest BCUT2D eigenvalue weighted by atomic mass is 9.97. The molecular weight excluding hydrogens is 352 g/mol. The van der Waals surface area contributed by atoms with Gasteiger partial charge in [0.25, 0.3) is 5.91 Å². The number of nitrogens with one attached hydrogen (secondary N) is 2. The van der Waals surface area contributed by atoms with Crippen LogP contribution in [-0.4, -0.2) is 36.8 Å². The van der Waals surface area contributed by atoms with Crippen LogP contribution in [0, 0.1) is 11.8 Å². The zero-order valence-electron chi connectivity index (χ0n) is 16.1. The molecule has 0 bridgehead atoms. The predicted octanol–water partition coefficient (Wildman–Crippen LogP) is 3.24. The topological polar surface area (TPSA) is 70.6 Å². The highest BCUT2D eigenvalue weighted by Crippen LogP contribution is 2.29. The Morgan fingerprint density at radius 1 is 1.07 bits per heavy atom. The molecule has 5 nitrogen and oxygen atoms in total. The summed E-state index contributed by atoms with van der Waals surface area (Å²) in [6.45, 7) is 1.93. The number of benzene rings is 2. The predicted molar refractivity (Wildman–Crippen MR) is 110 cm³/mol. The molecule has 4 rings (SSSR count). The number of carbonyl (C=O) groups excluding carboxylic acids is 1. The first-order valence-corrected chi connectivity index (χ1v) is 10.2. The van der Waals surface area contributed by atoms with Crippen molar-refractivity contribution in [3.05, 3.63) is 59.7 Å². The third kappa shape index (κ3) is 5.12. The molecule has 3 N–H and O–H groups in total. The van der Waals surface area contributed by atoms with Gasteiger partial charge in [-0.1, -0.05) is 12.1 Å². The summed E-state index contributed by atoms with van der Waals surface area (Å²) in [4.78, 5) is 12.5. The van der Waals surface area contributed by atoms with Crippen molar-refractivity contribution in [3.8, 4) is 5.75 Å². The van der Waals surface area contributed by atoms with Crippen LogP contribution in [0.1, 0.15) is 35.2 Å². The van der Waals surface area contributed by atoms with Crippen LogP contribution in [0.3, 0.4) is 0 Å². The van der Waals surface area contributed by atoms with Gasteiger partial charge in [-0.15, -0.1) is 0 Å². The molecule has 0 spiro atoms. The van der Waals surface area contributed by atoms with E-state index >= 15 is 0 Å². The molecule has 2 atom stereocenters.